The van der Waals surface area contributed by atoms with Crippen LogP contribution in [0.5, 0.6) is 17.2 Å². The molecular weight excluding hydrogens is 432 g/mol. The molecule has 7 heteroatoms. The molecule has 5 aliphatic rings. The summed E-state index contributed by atoms with van der Waals surface area (Å²) in [6.45, 7) is 1.91. The van der Waals surface area contributed by atoms with Crippen molar-refractivity contribution >= 4 is 5.91 Å². The number of nitrogens with one attached hydrogen (secondary N) is 1. The highest BCUT2D eigenvalue weighted by Crippen LogP contribution is 2.65. The van der Waals surface area contributed by atoms with Gasteiger partial charge in [-0.3, -0.25) is 9.69 Å². The van der Waals surface area contributed by atoms with Crippen molar-refractivity contribution in [1.82, 2.24) is 10.2 Å². The summed E-state index contributed by atoms with van der Waals surface area (Å²) in [5.74, 6) is 1.09. The Labute approximate surface area is 198 Å². The number of rotatable bonds is 4. The van der Waals surface area contributed by atoms with Crippen LogP contribution in [0.25, 0.3) is 0 Å². The van der Waals surface area contributed by atoms with E-state index in [0.29, 0.717) is 24.2 Å². The molecule has 0 radical (unpaired) electrons. The van der Waals surface area contributed by atoms with Gasteiger partial charge in [0.2, 0.25) is 0 Å². The third-order valence-electron chi connectivity index (χ3n) is 9.19. The summed E-state index contributed by atoms with van der Waals surface area (Å²) in [5.41, 5.74) is 0.861. The average Bonchev–Trinajstić information content (AvgIpc) is 3.56. The number of aromatic hydroxyl groups is 2. The van der Waals surface area contributed by atoms with Crippen LogP contribution in [-0.4, -0.2) is 63.0 Å². The lowest BCUT2D eigenvalue weighted by Gasteiger charge is -2.64. The minimum Gasteiger partial charge on any atom is -0.508 e. The maximum Gasteiger partial charge on any atom is 0.251 e. The number of piperidine rings is 1. The van der Waals surface area contributed by atoms with Crippen molar-refractivity contribution in [2.45, 2.75) is 67.7 Å². The molecule has 2 saturated carbocycles. The zero-order valence-electron chi connectivity index (χ0n) is 19.0. The number of aliphatic hydroxyl groups is 1. The topological polar surface area (TPSA) is 102 Å². The molecule has 2 aromatic rings. The Morgan fingerprint density at radius 3 is 2.79 bits per heavy atom. The zero-order valence-corrected chi connectivity index (χ0v) is 19.0. The maximum absolute atomic E-state index is 13.1. The van der Waals surface area contributed by atoms with Gasteiger partial charge < -0.3 is 25.4 Å². The Hall–Kier alpha value is -2.77. The normalized spacial score (nSPS) is 35.4. The van der Waals surface area contributed by atoms with Gasteiger partial charge in [-0.05, 0) is 80.8 Å². The van der Waals surface area contributed by atoms with Gasteiger partial charge in [-0.1, -0.05) is 12.1 Å². The van der Waals surface area contributed by atoms with Crippen molar-refractivity contribution in [1.29, 1.82) is 0 Å². The average molecular weight is 463 g/mol. The van der Waals surface area contributed by atoms with Crippen LogP contribution < -0.4 is 10.1 Å². The van der Waals surface area contributed by atoms with Gasteiger partial charge in [0.25, 0.3) is 5.91 Å². The minimum absolute atomic E-state index is 0.0127. The number of likely N-dealkylation sites (tertiary alicyclic amines) is 1. The van der Waals surface area contributed by atoms with Gasteiger partial charge in [-0.25, -0.2) is 0 Å². The van der Waals surface area contributed by atoms with E-state index >= 15 is 0 Å². The third kappa shape index (κ3) is 2.62. The number of ether oxygens (including phenoxy) is 1. The molecule has 2 aliphatic heterocycles. The van der Waals surface area contributed by atoms with Crippen molar-refractivity contribution in [3.8, 4) is 17.2 Å². The van der Waals surface area contributed by atoms with E-state index in [1.165, 1.54) is 25.0 Å². The summed E-state index contributed by atoms with van der Waals surface area (Å²) in [7, 11) is 0. The third-order valence-corrected chi connectivity index (χ3v) is 9.19. The van der Waals surface area contributed by atoms with Crippen molar-refractivity contribution in [3.05, 3.63) is 53.1 Å². The molecule has 0 aromatic heterocycles. The molecule has 1 spiro atoms. The Morgan fingerprint density at radius 2 is 2.00 bits per heavy atom. The van der Waals surface area contributed by atoms with Gasteiger partial charge in [0.15, 0.2) is 11.5 Å². The quantitative estimate of drug-likeness (QED) is 0.557. The number of hydrogen-bond acceptors (Lipinski definition) is 6. The van der Waals surface area contributed by atoms with Crippen LogP contribution in [0.4, 0.5) is 0 Å². The number of phenols is 2. The molecule has 7 rings (SSSR count). The number of carbonyl (C=O) groups excluding carboxylic acids is 1. The van der Waals surface area contributed by atoms with Crippen LogP contribution >= 0.6 is 0 Å². The standard InChI is InChI=1S/C27H30N2O5/c30-18-3-1-2-17(12-18)25(32)28-19-8-9-27(33)21-13-16-6-7-20(31)23-22(16)26(27,24(19)34-23)10-11-29(21)14-15-4-5-15/h1-3,6-7,12,15,19,21,24,30-31,33H,4-5,8-11,13-14H2,(H,28,32)/t19-,21-,24+,26+,27-/m1/s1. The fourth-order valence-corrected chi connectivity index (χ4v) is 7.53. The summed E-state index contributed by atoms with van der Waals surface area (Å²) < 4.78 is 6.48. The SMILES string of the molecule is O=C(N[C@@H]1CC[C@@]2(O)[C@H]3Cc4ccc(O)c5c4[C@@]2(CCN3CC2CC2)[C@H]1O5)c1cccc(O)c1. The van der Waals surface area contributed by atoms with Crippen LogP contribution in [0, 0.1) is 5.92 Å². The molecule has 2 heterocycles. The summed E-state index contributed by atoms with van der Waals surface area (Å²) in [6, 6.07) is 9.70. The molecule has 34 heavy (non-hydrogen) atoms. The van der Waals surface area contributed by atoms with Gasteiger partial charge in [-0.15, -0.1) is 0 Å². The predicted octanol–water partition coefficient (Wildman–Crippen LogP) is 2.46. The Morgan fingerprint density at radius 1 is 1.15 bits per heavy atom. The first-order valence-corrected chi connectivity index (χ1v) is 12.5. The second-order valence-corrected chi connectivity index (χ2v) is 11.0. The van der Waals surface area contributed by atoms with Crippen LogP contribution in [0.3, 0.4) is 0 Å². The maximum atomic E-state index is 13.1. The Bertz CT molecular complexity index is 1200. The van der Waals surface area contributed by atoms with Crippen LogP contribution in [0.15, 0.2) is 36.4 Å². The largest absolute Gasteiger partial charge is 0.508 e. The second-order valence-electron chi connectivity index (χ2n) is 11.0. The van der Waals surface area contributed by atoms with Crippen molar-refractivity contribution in [2.24, 2.45) is 5.92 Å². The molecule has 3 fully saturated rings. The van der Waals surface area contributed by atoms with Gasteiger partial charge in [0.1, 0.15) is 11.9 Å². The highest BCUT2D eigenvalue weighted by atomic mass is 16.5. The predicted molar refractivity (Wildman–Crippen MR) is 124 cm³/mol. The van der Waals surface area contributed by atoms with E-state index in [0.717, 1.165) is 43.0 Å². The molecule has 2 aromatic carbocycles. The molecule has 1 saturated heterocycles. The molecule has 0 unspecified atom stereocenters. The smallest absolute Gasteiger partial charge is 0.251 e. The first-order valence-electron chi connectivity index (χ1n) is 12.5. The highest BCUT2D eigenvalue weighted by Gasteiger charge is 2.73. The van der Waals surface area contributed by atoms with Gasteiger partial charge in [0.05, 0.1) is 17.1 Å². The summed E-state index contributed by atoms with van der Waals surface area (Å²) >= 11 is 0. The molecule has 1 amide bonds. The highest BCUT2D eigenvalue weighted by molar-refractivity contribution is 5.94. The number of carbonyl (C=O) groups is 1. The van der Waals surface area contributed by atoms with E-state index < -0.39 is 17.1 Å². The number of amides is 1. The molecule has 178 valence electrons. The van der Waals surface area contributed by atoms with Crippen molar-refractivity contribution < 1.29 is 24.9 Å². The van der Waals surface area contributed by atoms with Crippen molar-refractivity contribution in [3.63, 3.8) is 0 Å². The first-order chi connectivity index (χ1) is 16.4. The molecule has 3 aliphatic carbocycles. The van der Waals surface area contributed by atoms with E-state index in [9.17, 15) is 20.1 Å². The number of hydrogen-bond donors (Lipinski definition) is 4. The molecule has 4 N–H and O–H groups in total. The lowest BCUT2D eigenvalue weighted by atomic mass is 9.48. The Kier molecular flexibility index (Phi) is 4.17. The molecular formula is C27H30N2O5. The lowest BCUT2D eigenvalue weighted by molar-refractivity contribution is -0.191. The van der Waals surface area contributed by atoms with E-state index in [-0.39, 0.29) is 29.5 Å². The lowest BCUT2D eigenvalue weighted by Crippen LogP contribution is -2.78. The molecule has 7 nitrogen and oxygen atoms in total. The van der Waals surface area contributed by atoms with E-state index in [2.05, 4.69) is 10.2 Å². The van der Waals surface area contributed by atoms with Gasteiger partial charge >= 0.3 is 0 Å². The zero-order chi connectivity index (χ0) is 23.2. The fraction of sp³-hybridized carbons (Fsp3) is 0.519. The fourth-order valence-electron chi connectivity index (χ4n) is 7.53. The second kappa shape index (κ2) is 6.89. The van der Waals surface area contributed by atoms with Crippen LogP contribution in [0.1, 0.15) is 53.6 Å². The van der Waals surface area contributed by atoms with Crippen LogP contribution in [0.2, 0.25) is 0 Å². The molecule has 2 bridgehead atoms. The number of nitrogens with zero attached hydrogens (tertiary/aromatic N) is 1. The van der Waals surface area contributed by atoms with Crippen LogP contribution in [-0.2, 0) is 11.8 Å². The summed E-state index contributed by atoms with van der Waals surface area (Å²) in [6.07, 6.45) is 4.74. The number of phenolic OH excluding ortho intramolecular Hbond substituents is 2. The molecule has 5 atom stereocenters. The van der Waals surface area contributed by atoms with E-state index in [1.54, 1.807) is 18.2 Å². The summed E-state index contributed by atoms with van der Waals surface area (Å²) in [5, 5.41) is 36.1. The Balaban J connectivity index is 1.29. The van der Waals surface area contributed by atoms with E-state index in [4.69, 9.17) is 4.74 Å². The van der Waals surface area contributed by atoms with Gasteiger partial charge in [0, 0.05) is 23.7 Å². The van der Waals surface area contributed by atoms with Crippen molar-refractivity contribution in [2.75, 3.05) is 13.1 Å². The monoisotopic (exact) mass is 462 g/mol. The summed E-state index contributed by atoms with van der Waals surface area (Å²) in [4.78, 5) is 15.6. The number of benzene rings is 2. The first kappa shape index (κ1) is 20.6. The minimum atomic E-state index is -0.969. The van der Waals surface area contributed by atoms with E-state index in [1.807, 2.05) is 6.07 Å². The van der Waals surface area contributed by atoms with Gasteiger partial charge in [-0.2, -0.15) is 0 Å².